The summed E-state index contributed by atoms with van der Waals surface area (Å²) in [6.45, 7) is 3.24. The highest BCUT2D eigenvalue weighted by atomic mass is 16.6. The number of ether oxygens (including phenoxy) is 3. The van der Waals surface area contributed by atoms with Crippen LogP contribution in [0, 0.1) is 0 Å². The van der Waals surface area contributed by atoms with Crippen LogP contribution in [0.15, 0.2) is 40.7 Å². The van der Waals surface area contributed by atoms with Gasteiger partial charge in [0.05, 0.1) is 6.61 Å². The topological polar surface area (TPSA) is 95.7 Å². The average molecular weight is 317 g/mol. The molecule has 1 aromatic carbocycles. The lowest BCUT2D eigenvalue weighted by Crippen LogP contribution is -2.21. The third-order valence-corrected chi connectivity index (χ3v) is 2.93. The summed E-state index contributed by atoms with van der Waals surface area (Å²) in [7, 11) is 0. The van der Waals surface area contributed by atoms with Gasteiger partial charge in [0.15, 0.2) is 0 Å². The normalized spacial score (nSPS) is 13.5. The van der Waals surface area contributed by atoms with Gasteiger partial charge in [0.2, 0.25) is 11.6 Å². The fourth-order valence-corrected chi connectivity index (χ4v) is 1.90. The van der Waals surface area contributed by atoms with E-state index in [4.69, 9.17) is 18.6 Å². The summed E-state index contributed by atoms with van der Waals surface area (Å²) in [6, 6.07) is 7.18. The average Bonchev–Trinajstić information content (AvgIpc) is 3.05. The Labute approximate surface area is 132 Å². The second-order valence-corrected chi connectivity index (χ2v) is 4.53. The number of carbonyl (C=O) groups is 1. The van der Waals surface area contributed by atoms with Gasteiger partial charge in [-0.1, -0.05) is 5.10 Å². The van der Waals surface area contributed by atoms with E-state index in [-0.39, 0.29) is 17.7 Å². The molecule has 1 aliphatic rings. The quantitative estimate of drug-likeness (QED) is 0.900. The number of rotatable bonds is 5. The van der Waals surface area contributed by atoms with Crippen molar-refractivity contribution in [2.45, 2.75) is 6.92 Å². The number of nitrogens with zero attached hydrogens (tertiary/aromatic N) is 2. The number of carbonyl (C=O) groups excluding carboxylic acids is 1. The zero-order chi connectivity index (χ0) is 16.1. The molecule has 120 valence electrons. The first-order chi connectivity index (χ1) is 11.3. The van der Waals surface area contributed by atoms with Crippen molar-refractivity contribution < 1.29 is 23.4 Å². The van der Waals surface area contributed by atoms with Crippen LogP contribution in [0.2, 0.25) is 0 Å². The Bertz CT molecular complexity index is 708. The fourth-order valence-electron chi connectivity index (χ4n) is 1.90. The van der Waals surface area contributed by atoms with Crippen LogP contribution in [-0.4, -0.2) is 35.9 Å². The number of amides is 1. The number of hydrogen-bond acceptors (Lipinski definition) is 7. The molecule has 8 nitrogen and oxygen atoms in total. The van der Waals surface area contributed by atoms with Crippen molar-refractivity contribution in [1.82, 2.24) is 10.2 Å². The second-order valence-electron chi connectivity index (χ2n) is 4.53. The number of nitrogens with one attached hydrogen (secondary N) is 1. The fraction of sp³-hybridized carbons (Fsp3) is 0.267. The van der Waals surface area contributed by atoms with Crippen LogP contribution in [0.25, 0.3) is 11.5 Å². The van der Waals surface area contributed by atoms with Crippen LogP contribution in [0.3, 0.4) is 0 Å². The first kappa shape index (κ1) is 14.9. The SMILES string of the molecule is CCOc1ccc(-c2nnc(NC(=O)C3=COCCO3)o2)cc1. The number of aromatic nitrogens is 2. The molecule has 0 bridgehead atoms. The number of hydrogen-bond donors (Lipinski definition) is 1. The van der Waals surface area contributed by atoms with Crippen molar-refractivity contribution in [2.75, 3.05) is 25.1 Å². The highest BCUT2D eigenvalue weighted by molar-refractivity contribution is 6.00. The Morgan fingerprint density at radius 2 is 2.09 bits per heavy atom. The largest absolute Gasteiger partial charge is 0.494 e. The molecule has 0 fully saturated rings. The van der Waals surface area contributed by atoms with Crippen LogP contribution in [0.4, 0.5) is 6.01 Å². The maximum Gasteiger partial charge on any atom is 0.322 e. The minimum atomic E-state index is -0.508. The molecule has 0 radical (unpaired) electrons. The van der Waals surface area contributed by atoms with Crippen LogP contribution in [0.1, 0.15) is 6.92 Å². The highest BCUT2D eigenvalue weighted by Crippen LogP contribution is 2.23. The first-order valence-electron chi connectivity index (χ1n) is 7.09. The standard InChI is InChI=1S/C15H15N3O5/c1-2-21-11-5-3-10(4-6-11)14-17-18-15(23-14)16-13(19)12-9-20-7-8-22-12/h3-6,9H,2,7-8H2,1H3,(H,16,18,19). The minimum Gasteiger partial charge on any atom is -0.494 e. The van der Waals surface area contributed by atoms with Crippen LogP contribution in [-0.2, 0) is 14.3 Å². The molecule has 1 aromatic heterocycles. The Morgan fingerprint density at radius 1 is 1.26 bits per heavy atom. The third-order valence-electron chi connectivity index (χ3n) is 2.93. The molecule has 1 N–H and O–H groups in total. The lowest BCUT2D eigenvalue weighted by atomic mass is 10.2. The smallest absolute Gasteiger partial charge is 0.322 e. The molecule has 0 atom stereocenters. The summed E-state index contributed by atoms with van der Waals surface area (Å²) in [4.78, 5) is 11.9. The van der Waals surface area contributed by atoms with Crippen LogP contribution < -0.4 is 10.1 Å². The Morgan fingerprint density at radius 3 is 2.78 bits per heavy atom. The van der Waals surface area contributed by atoms with E-state index >= 15 is 0 Å². The zero-order valence-electron chi connectivity index (χ0n) is 12.4. The van der Waals surface area contributed by atoms with E-state index < -0.39 is 5.91 Å². The predicted octanol–water partition coefficient (Wildman–Crippen LogP) is 1.96. The van der Waals surface area contributed by atoms with Crippen LogP contribution >= 0.6 is 0 Å². The molecular formula is C15H15N3O5. The van der Waals surface area contributed by atoms with Gasteiger partial charge in [-0.05, 0) is 31.2 Å². The van der Waals surface area contributed by atoms with E-state index in [1.807, 2.05) is 6.92 Å². The Hall–Kier alpha value is -3.03. The Balaban J connectivity index is 1.67. The van der Waals surface area contributed by atoms with E-state index in [1.165, 1.54) is 6.26 Å². The monoisotopic (exact) mass is 317 g/mol. The molecule has 0 spiro atoms. The molecule has 0 saturated heterocycles. The molecule has 1 aliphatic heterocycles. The van der Waals surface area contributed by atoms with E-state index in [0.29, 0.717) is 19.8 Å². The van der Waals surface area contributed by atoms with Gasteiger partial charge in [0.1, 0.15) is 25.2 Å². The molecule has 0 aliphatic carbocycles. The lowest BCUT2D eigenvalue weighted by Gasteiger charge is -2.13. The van der Waals surface area contributed by atoms with Crippen molar-refractivity contribution >= 4 is 11.9 Å². The van der Waals surface area contributed by atoms with Gasteiger partial charge >= 0.3 is 6.01 Å². The van der Waals surface area contributed by atoms with Gasteiger partial charge in [-0.2, -0.15) is 0 Å². The number of benzene rings is 1. The summed E-state index contributed by atoms with van der Waals surface area (Å²) in [5.74, 6) is 0.604. The summed E-state index contributed by atoms with van der Waals surface area (Å²) >= 11 is 0. The molecule has 8 heteroatoms. The van der Waals surface area contributed by atoms with E-state index in [0.717, 1.165) is 11.3 Å². The first-order valence-corrected chi connectivity index (χ1v) is 7.09. The summed E-state index contributed by atoms with van der Waals surface area (Å²) in [5, 5.41) is 10.1. The van der Waals surface area contributed by atoms with Gasteiger partial charge in [-0.3, -0.25) is 10.1 Å². The van der Waals surface area contributed by atoms with Gasteiger partial charge in [0.25, 0.3) is 5.91 Å². The number of anilines is 1. The van der Waals surface area contributed by atoms with Crippen molar-refractivity contribution in [3.63, 3.8) is 0 Å². The summed E-state index contributed by atoms with van der Waals surface area (Å²) in [5.41, 5.74) is 0.720. The molecule has 0 unspecified atom stereocenters. The Kier molecular flexibility index (Phi) is 4.41. The van der Waals surface area contributed by atoms with Crippen molar-refractivity contribution in [3.05, 3.63) is 36.3 Å². The zero-order valence-corrected chi connectivity index (χ0v) is 12.4. The van der Waals surface area contributed by atoms with Crippen molar-refractivity contribution in [3.8, 4) is 17.2 Å². The molecular weight excluding hydrogens is 302 g/mol. The maximum atomic E-state index is 11.9. The van der Waals surface area contributed by atoms with E-state index in [9.17, 15) is 4.79 Å². The van der Waals surface area contributed by atoms with Gasteiger partial charge in [-0.15, -0.1) is 5.10 Å². The molecule has 3 rings (SSSR count). The van der Waals surface area contributed by atoms with Crippen molar-refractivity contribution in [1.29, 1.82) is 0 Å². The summed E-state index contributed by atoms with van der Waals surface area (Å²) in [6.07, 6.45) is 1.25. The molecule has 23 heavy (non-hydrogen) atoms. The molecule has 0 saturated carbocycles. The van der Waals surface area contributed by atoms with Crippen LogP contribution in [0.5, 0.6) is 5.75 Å². The summed E-state index contributed by atoms with van der Waals surface area (Å²) < 4.78 is 21.0. The lowest BCUT2D eigenvalue weighted by molar-refractivity contribution is -0.117. The molecule has 2 heterocycles. The van der Waals surface area contributed by atoms with E-state index in [2.05, 4.69) is 15.5 Å². The third kappa shape index (κ3) is 3.60. The van der Waals surface area contributed by atoms with Gasteiger partial charge < -0.3 is 18.6 Å². The van der Waals surface area contributed by atoms with Gasteiger partial charge in [0, 0.05) is 5.56 Å². The highest BCUT2D eigenvalue weighted by Gasteiger charge is 2.18. The molecule has 2 aromatic rings. The van der Waals surface area contributed by atoms with Gasteiger partial charge in [-0.25, -0.2) is 0 Å². The predicted molar refractivity (Wildman–Crippen MR) is 79.5 cm³/mol. The minimum absolute atomic E-state index is 0.0195. The second kappa shape index (κ2) is 6.82. The van der Waals surface area contributed by atoms with E-state index in [1.54, 1.807) is 24.3 Å². The maximum absolute atomic E-state index is 11.9. The molecule has 1 amide bonds. The van der Waals surface area contributed by atoms with Crippen molar-refractivity contribution in [2.24, 2.45) is 0 Å².